The molecule has 0 aliphatic rings. The lowest BCUT2D eigenvalue weighted by Gasteiger charge is -2.07. The molecule has 0 bridgehead atoms. The van der Waals surface area contributed by atoms with Gasteiger partial charge in [0.25, 0.3) is 0 Å². The van der Waals surface area contributed by atoms with E-state index < -0.39 is 12.0 Å². The van der Waals surface area contributed by atoms with E-state index in [1.165, 1.54) is 7.11 Å². The van der Waals surface area contributed by atoms with Crippen molar-refractivity contribution >= 4 is 17.9 Å². The Morgan fingerprint density at radius 2 is 2.11 bits per heavy atom. The molecule has 0 fully saturated rings. The lowest BCUT2D eigenvalue weighted by molar-refractivity contribution is -0.141. The van der Waals surface area contributed by atoms with Crippen molar-refractivity contribution in [2.75, 3.05) is 25.6 Å². The van der Waals surface area contributed by atoms with Crippen molar-refractivity contribution < 1.29 is 19.1 Å². The summed E-state index contributed by atoms with van der Waals surface area (Å²) >= 11 is 0. The number of hydrogen-bond donors (Lipinski definition) is 2. The Bertz CT molecular complexity index is 464. The molecule has 0 radical (unpaired) electrons. The van der Waals surface area contributed by atoms with Crippen molar-refractivity contribution in [3.63, 3.8) is 0 Å². The van der Waals surface area contributed by atoms with Crippen LogP contribution in [0.5, 0.6) is 5.88 Å². The summed E-state index contributed by atoms with van der Waals surface area (Å²) in [7, 11) is 1.46. The second-order valence-corrected chi connectivity index (χ2v) is 3.49. The van der Waals surface area contributed by atoms with Gasteiger partial charge in [0, 0.05) is 11.8 Å². The Hall–Kier alpha value is -2.38. The maximum Gasteiger partial charge on any atom is 0.325 e. The predicted molar refractivity (Wildman–Crippen MR) is 67.0 cm³/mol. The van der Waals surface area contributed by atoms with Crippen LogP contribution in [-0.2, 0) is 9.53 Å². The fourth-order valence-corrected chi connectivity index (χ4v) is 1.21. The SMILES string of the molecule is CCOC(=O)CNC(=O)Nc1nc(C)cc(OC)n1. The summed E-state index contributed by atoms with van der Waals surface area (Å²) in [4.78, 5) is 30.5. The number of hydrogen-bond acceptors (Lipinski definition) is 6. The molecular weight excluding hydrogens is 252 g/mol. The third-order valence-corrected chi connectivity index (χ3v) is 1.96. The van der Waals surface area contributed by atoms with E-state index >= 15 is 0 Å². The molecule has 0 spiro atoms. The lowest BCUT2D eigenvalue weighted by Crippen LogP contribution is -2.34. The molecule has 1 rings (SSSR count). The molecule has 8 nitrogen and oxygen atoms in total. The number of esters is 1. The van der Waals surface area contributed by atoms with Gasteiger partial charge in [-0.05, 0) is 13.8 Å². The average molecular weight is 268 g/mol. The smallest absolute Gasteiger partial charge is 0.325 e. The van der Waals surface area contributed by atoms with Crippen molar-refractivity contribution in [3.8, 4) is 5.88 Å². The van der Waals surface area contributed by atoms with Crippen LogP contribution >= 0.6 is 0 Å². The third-order valence-electron chi connectivity index (χ3n) is 1.96. The number of ether oxygens (including phenoxy) is 2. The number of aromatic nitrogens is 2. The molecule has 0 saturated carbocycles. The molecule has 0 aliphatic heterocycles. The summed E-state index contributed by atoms with van der Waals surface area (Å²) in [6.45, 7) is 3.47. The predicted octanol–water partition coefficient (Wildman–Crippen LogP) is 0.478. The molecule has 1 aromatic heterocycles. The van der Waals surface area contributed by atoms with E-state index in [0.29, 0.717) is 11.6 Å². The zero-order valence-corrected chi connectivity index (χ0v) is 11.0. The summed E-state index contributed by atoms with van der Waals surface area (Å²) in [6, 6.07) is 1.03. The molecule has 0 aromatic carbocycles. The van der Waals surface area contributed by atoms with Crippen LogP contribution in [0.25, 0.3) is 0 Å². The maximum absolute atomic E-state index is 11.5. The molecule has 2 N–H and O–H groups in total. The van der Waals surface area contributed by atoms with Crippen molar-refractivity contribution in [2.45, 2.75) is 13.8 Å². The monoisotopic (exact) mass is 268 g/mol. The van der Waals surface area contributed by atoms with Crippen LogP contribution in [0.1, 0.15) is 12.6 Å². The minimum atomic E-state index is -0.597. The van der Waals surface area contributed by atoms with E-state index in [2.05, 4.69) is 25.3 Å². The molecule has 0 unspecified atom stereocenters. The fourth-order valence-electron chi connectivity index (χ4n) is 1.21. The number of nitrogens with one attached hydrogen (secondary N) is 2. The second-order valence-electron chi connectivity index (χ2n) is 3.49. The highest BCUT2D eigenvalue weighted by molar-refractivity contribution is 5.89. The van der Waals surface area contributed by atoms with Crippen molar-refractivity contribution in [3.05, 3.63) is 11.8 Å². The first kappa shape index (κ1) is 14.7. The molecule has 0 saturated heterocycles. The van der Waals surface area contributed by atoms with Crippen molar-refractivity contribution in [2.24, 2.45) is 0 Å². The van der Waals surface area contributed by atoms with E-state index in [9.17, 15) is 9.59 Å². The maximum atomic E-state index is 11.5. The highest BCUT2D eigenvalue weighted by atomic mass is 16.5. The number of anilines is 1. The number of aryl methyl sites for hydroxylation is 1. The molecule has 0 aliphatic carbocycles. The Labute approximate surface area is 110 Å². The van der Waals surface area contributed by atoms with E-state index in [4.69, 9.17) is 4.74 Å². The number of carbonyl (C=O) groups excluding carboxylic acids is 2. The number of urea groups is 1. The van der Waals surface area contributed by atoms with Crippen LogP contribution in [0.2, 0.25) is 0 Å². The normalized spacial score (nSPS) is 9.63. The van der Waals surface area contributed by atoms with Gasteiger partial charge in [-0.3, -0.25) is 10.1 Å². The first-order chi connectivity index (χ1) is 9.05. The minimum Gasteiger partial charge on any atom is -0.481 e. The van der Waals surface area contributed by atoms with Gasteiger partial charge in [-0.25, -0.2) is 9.78 Å². The topological polar surface area (TPSA) is 102 Å². The molecule has 2 amide bonds. The van der Waals surface area contributed by atoms with E-state index in [0.717, 1.165) is 0 Å². The van der Waals surface area contributed by atoms with Crippen LogP contribution in [0.3, 0.4) is 0 Å². The van der Waals surface area contributed by atoms with Crippen LogP contribution < -0.4 is 15.4 Å². The van der Waals surface area contributed by atoms with Crippen LogP contribution in [0.4, 0.5) is 10.7 Å². The third kappa shape index (κ3) is 5.19. The van der Waals surface area contributed by atoms with Crippen molar-refractivity contribution in [1.82, 2.24) is 15.3 Å². The van der Waals surface area contributed by atoms with Gasteiger partial charge in [0.2, 0.25) is 11.8 Å². The van der Waals surface area contributed by atoms with Gasteiger partial charge in [0.1, 0.15) is 6.54 Å². The molecule has 8 heteroatoms. The van der Waals surface area contributed by atoms with Crippen LogP contribution in [0.15, 0.2) is 6.07 Å². The molecule has 19 heavy (non-hydrogen) atoms. The zero-order valence-electron chi connectivity index (χ0n) is 11.0. The summed E-state index contributed by atoms with van der Waals surface area (Å²) in [6.07, 6.45) is 0. The summed E-state index contributed by atoms with van der Waals surface area (Å²) in [5.41, 5.74) is 0.646. The van der Waals surface area contributed by atoms with E-state index in [1.54, 1.807) is 19.9 Å². The quantitative estimate of drug-likeness (QED) is 0.753. The van der Waals surface area contributed by atoms with Gasteiger partial charge < -0.3 is 14.8 Å². The second kappa shape index (κ2) is 7.14. The molecule has 1 aromatic rings. The Morgan fingerprint density at radius 1 is 1.37 bits per heavy atom. The highest BCUT2D eigenvalue weighted by Gasteiger charge is 2.09. The summed E-state index contributed by atoms with van der Waals surface area (Å²) < 4.78 is 9.62. The summed E-state index contributed by atoms with van der Waals surface area (Å²) in [5, 5.41) is 4.72. The molecule has 1 heterocycles. The number of amides is 2. The van der Waals surface area contributed by atoms with Gasteiger partial charge in [-0.2, -0.15) is 4.98 Å². The van der Waals surface area contributed by atoms with Crippen molar-refractivity contribution in [1.29, 1.82) is 0 Å². The standard InChI is InChI=1S/C11H16N4O4/c1-4-19-9(16)6-12-11(17)15-10-13-7(2)5-8(14-10)18-3/h5H,4,6H2,1-3H3,(H2,12,13,14,15,17). The van der Waals surface area contributed by atoms with Crippen LogP contribution in [-0.4, -0.2) is 42.2 Å². The Morgan fingerprint density at radius 3 is 2.74 bits per heavy atom. The van der Waals surface area contributed by atoms with Gasteiger partial charge in [0.15, 0.2) is 0 Å². The van der Waals surface area contributed by atoms with E-state index in [1.807, 2.05) is 0 Å². The highest BCUT2D eigenvalue weighted by Crippen LogP contribution is 2.10. The molecule has 0 atom stereocenters. The first-order valence-electron chi connectivity index (χ1n) is 5.65. The van der Waals surface area contributed by atoms with Gasteiger partial charge in [-0.1, -0.05) is 0 Å². The zero-order chi connectivity index (χ0) is 14.3. The summed E-state index contributed by atoms with van der Waals surface area (Å²) in [5.74, 6) is -0.0770. The number of methoxy groups -OCH3 is 1. The Balaban J connectivity index is 2.52. The van der Waals surface area contributed by atoms with Crippen LogP contribution in [0, 0.1) is 6.92 Å². The first-order valence-corrected chi connectivity index (χ1v) is 5.65. The van der Waals surface area contributed by atoms with Gasteiger partial charge in [0.05, 0.1) is 13.7 Å². The largest absolute Gasteiger partial charge is 0.481 e. The molecule has 104 valence electrons. The minimum absolute atomic E-state index is 0.0956. The number of carbonyl (C=O) groups is 2. The van der Waals surface area contributed by atoms with E-state index in [-0.39, 0.29) is 19.1 Å². The van der Waals surface area contributed by atoms with Gasteiger partial charge in [-0.15, -0.1) is 0 Å². The fraction of sp³-hybridized carbons (Fsp3) is 0.455. The Kier molecular flexibility index (Phi) is 5.52. The number of nitrogens with zero attached hydrogens (tertiary/aromatic N) is 2. The van der Waals surface area contributed by atoms with Gasteiger partial charge >= 0.3 is 12.0 Å². The average Bonchev–Trinajstić information content (AvgIpc) is 2.36. The lowest BCUT2D eigenvalue weighted by atomic mass is 10.4. The number of rotatable bonds is 5. The molecular formula is C11H16N4O4.